The van der Waals surface area contributed by atoms with Gasteiger partial charge in [0.1, 0.15) is 5.82 Å². The molecule has 1 aromatic carbocycles. The predicted molar refractivity (Wildman–Crippen MR) is 60.4 cm³/mol. The van der Waals surface area contributed by atoms with Crippen molar-refractivity contribution < 1.29 is 19.4 Å². The molecule has 0 aromatic heterocycles. The lowest BCUT2D eigenvalue weighted by Gasteiger charge is -2.14. The Morgan fingerprint density at radius 1 is 1.44 bits per heavy atom. The molecule has 0 spiro atoms. The van der Waals surface area contributed by atoms with Crippen LogP contribution >= 0.6 is 11.8 Å². The quantitative estimate of drug-likeness (QED) is 0.798. The third-order valence-corrected chi connectivity index (χ3v) is 3.46. The van der Waals surface area contributed by atoms with E-state index in [0.717, 1.165) is 6.07 Å². The van der Waals surface area contributed by atoms with Crippen LogP contribution in [-0.2, 0) is 0 Å². The Bertz CT molecular complexity index is 393. The Hall–Kier alpha value is -1.07. The third kappa shape index (κ3) is 3.21. The van der Waals surface area contributed by atoms with Gasteiger partial charge in [-0.15, -0.1) is 11.8 Å². The van der Waals surface area contributed by atoms with Gasteiger partial charge in [-0.2, -0.15) is 0 Å². The van der Waals surface area contributed by atoms with Gasteiger partial charge in [-0.1, -0.05) is 6.92 Å². The first-order valence-electron chi connectivity index (χ1n) is 4.79. The van der Waals surface area contributed by atoms with Gasteiger partial charge < -0.3 is 10.2 Å². The predicted octanol–water partition coefficient (Wildman–Crippen LogP) is 2.39. The van der Waals surface area contributed by atoms with E-state index in [1.165, 1.54) is 23.9 Å². The summed E-state index contributed by atoms with van der Waals surface area (Å²) in [4.78, 5) is 11.3. The SMILES string of the molecule is CC(O)C(C)Sc1ccc(F)c(C(=O)O)c1. The summed E-state index contributed by atoms with van der Waals surface area (Å²) >= 11 is 1.31. The van der Waals surface area contributed by atoms with E-state index in [4.69, 9.17) is 5.11 Å². The van der Waals surface area contributed by atoms with Crippen molar-refractivity contribution in [3.8, 4) is 0 Å². The standard InChI is InChI=1S/C11H13FO3S/c1-6(13)7(2)16-8-3-4-10(12)9(5-8)11(14)15/h3-7,13H,1-2H3,(H,14,15). The fourth-order valence-corrected chi connectivity index (χ4v) is 2.01. The number of aromatic carboxylic acids is 1. The van der Waals surface area contributed by atoms with Crippen LogP contribution in [0.25, 0.3) is 0 Å². The van der Waals surface area contributed by atoms with Crippen LogP contribution < -0.4 is 0 Å². The molecule has 0 bridgehead atoms. The lowest BCUT2D eigenvalue weighted by atomic mass is 10.2. The van der Waals surface area contributed by atoms with Crippen LogP contribution in [0.2, 0.25) is 0 Å². The topological polar surface area (TPSA) is 57.5 Å². The minimum Gasteiger partial charge on any atom is -0.478 e. The number of carbonyl (C=O) groups is 1. The molecule has 0 aliphatic rings. The Morgan fingerprint density at radius 3 is 2.56 bits per heavy atom. The smallest absolute Gasteiger partial charge is 0.338 e. The maximum atomic E-state index is 13.1. The second-order valence-corrected chi connectivity index (χ2v) is 4.96. The first-order chi connectivity index (χ1) is 7.41. The summed E-state index contributed by atoms with van der Waals surface area (Å²) < 4.78 is 13.1. The number of hydrogen-bond acceptors (Lipinski definition) is 3. The first kappa shape index (κ1) is 13.0. The van der Waals surface area contributed by atoms with Crippen LogP contribution in [-0.4, -0.2) is 27.5 Å². The van der Waals surface area contributed by atoms with Gasteiger partial charge in [0.05, 0.1) is 11.7 Å². The monoisotopic (exact) mass is 244 g/mol. The van der Waals surface area contributed by atoms with Gasteiger partial charge in [0.2, 0.25) is 0 Å². The van der Waals surface area contributed by atoms with E-state index in [1.807, 2.05) is 6.92 Å². The number of carboxylic acids is 1. The molecule has 1 aromatic rings. The molecule has 3 nitrogen and oxygen atoms in total. The Labute approximate surface area is 97.3 Å². The zero-order valence-electron chi connectivity index (χ0n) is 8.98. The highest BCUT2D eigenvalue weighted by molar-refractivity contribution is 8.00. The molecule has 0 saturated heterocycles. The minimum atomic E-state index is -1.29. The maximum absolute atomic E-state index is 13.1. The van der Waals surface area contributed by atoms with Crippen molar-refractivity contribution in [2.24, 2.45) is 0 Å². The highest BCUT2D eigenvalue weighted by atomic mass is 32.2. The van der Waals surface area contributed by atoms with Gasteiger partial charge in [-0.05, 0) is 25.1 Å². The molecule has 0 saturated carbocycles. The summed E-state index contributed by atoms with van der Waals surface area (Å²) in [7, 11) is 0. The average molecular weight is 244 g/mol. The molecule has 2 unspecified atom stereocenters. The van der Waals surface area contributed by atoms with Crippen LogP contribution in [0, 0.1) is 5.82 Å². The largest absolute Gasteiger partial charge is 0.478 e. The van der Waals surface area contributed by atoms with Crippen molar-refractivity contribution in [1.82, 2.24) is 0 Å². The minimum absolute atomic E-state index is 0.0768. The van der Waals surface area contributed by atoms with E-state index >= 15 is 0 Å². The van der Waals surface area contributed by atoms with Crippen LogP contribution in [0.1, 0.15) is 24.2 Å². The number of aliphatic hydroxyl groups excluding tert-OH is 1. The molecular weight excluding hydrogens is 231 g/mol. The molecule has 1 rings (SSSR count). The number of hydrogen-bond donors (Lipinski definition) is 2. The van der Waals surface area contributed by atoms with Crippen molar-refractivity contribution >= 4 is 17.7 Å². The number of carboxylic acid groups (broad SMARTS) is 1. The van der Waals surface area contributed by atoms with E-state index in [-0.39, 0.29) is 10.8 Å². The van der Waals surface area contributed by atoms with E-state index in [2.05, 4.69) is 0 Å². The number of halogens is 1. The second-order valence-electron chi connectivity index (χ2n) is 3.51. The lowest BCUT2D eigenvalue weighted by Crippen LogP contribution is -2.15. The zero-order valence-corrected chi connectivity index (χ0v) is 9.79. The molecule has 2 atom stereocenters. The fraction of sp³-hybridized carbons (Fsp3) is 0.364. The Kier molecular flexibility index (Phi) is 4.32. The molecule has 0 amide bonds. The lowest BCUT2D eigenvalue weighted by molar-refractivity contribution is 0.0691. The molecule has 0 aliphatic carbocycles. The molecule has 0 heterocycles. The number of benzene rings is 1. The van der Waals surface area contributed by atoms with E-state index in [9.17, 15) is 14.3 Å². The van der Waals surface area contributed by atoms with Crippen molar-refractivity contribution in [2.75, 3.05) is 0 Å². The highest BCUT2D eigenvalue weighted by Crippen LogP contribution is 2.26. The normalized spacial score (nSPS) is 14.5. The Balaban J connectivity index is 2.91. The van der Waals surface area contributed by atoms with Crippen LogP contribution in [0.4, 0.5) is 4.39 Å². The number of rotatable bonds is 4. The van der Waals surface area contributed by atoms with E-state index in [0.29, 0.717) is 4.90 Å². The van der Waals surface area contributed by atoms with E-state index in [1.54, 1.807) is 6.92 Å². The molecular formula is C11H13FO3S. The summed E-state index contributed by atoms with van der Waals surface area (Å²) in [6.07, 6.45) is -0.511. The summed E-state index contributed by atoms with van der Waals surface area (Å²) in [5.41, 5.74) is -0.345. The van der Waals surface area contributed by atoms with Gasteiger partial charge in [-0.25, -0.2) is 9.18 Å². The molecule has 0 fully saturated rings. The van der Waals surface area contributed by atoms with Crippen molar-refractivity contribution in [3.63, 3.8) is 0 Å². The molecule has 16 heavy (non-hydrogen) atoms. The van der Waals surface area contributed by atoms with Crippen LogP contribution in [0.15, 0.2) is 23.1 Å². The summed E-state index contributed by atoms with van der Waals surface area (Å²) in [5.74, 6) is -2.04. The maximum Gasteiger partial charge on any atom is 0.338 e. The van der Waals surface area contributed by atoms with Gasteiger partial charge >= 0.3 is 5.97 Å². The van der Waals surface area contributed by atoms with Crippen molar-refractivity contribution in [2.45, 2.75) is 30.1 Å². The number of thioether (sulfide) groups is 1. The van der Waals surface area contributed by atoms with Crippen LogP contribution in [0.5, 0.6) is 0 Å². The average Bonchev–Trinajstić information content (AvgIpc) is 2.20. The highest BCUT2D eigenvalue weighted by Gasteiger charge is 2.14. The molecule has 88 valence electrons. The molecule has 0 radical (unpaired) electrons. The summed E-state index contributed by atoms with van der Waals surface area (Å²) in [5, 5.41) is 18.0. The first-order valence-corrected chi connectivity index (χ1v) is 5.67. The van der Waals surface area contributed by atoms with E-state index < -0.39 is 17.9 Å². The Morgan fingerprint density at radius 2 is 2.06 bits per heavy atom. The third-order valence-electron chi connectivity index (χ3n) is 2.17. The van der Waals surface area contributed by atoms with Gasteiger partial charge in [0, 0.05) is 10.1 Å². The van der Waals surface area contributed by atoms with Gasteiger partial charge in [-0.3, -0.25) is 0 Å². The zero-order chi connectivity index (χ0) is 12.3. The van der Waals surface area contributed by atoms with Gasteiger partial charge in [0.25, 0.3) is 0 Å². The summed E-state index contributed by atoms with van der Waals surface area (Å²) in [6.45, 7) is 3.47. The fourth-order valence-electron chi connectivity index (χ4n) is 1.05. The second kappa shape index (κ2) is 5.32. The summed E-state index contributed by atoms with van der Waals surface area (Å²) in [6, 6.07) is 3.91. The van der Waals surface area contributed by atoms with Gasteiger partial charge in [0.15, 0.2) is 0 Å². The molecule has 5 heteroatoms. The van der Waals surface area contributed by atoms with Crippen LogP contribution in [0.3, 0.4) is 0 Å². The van der Waals surface area contributed by atoms with Crippen molar-refractivity contribution in [3.05, 3.63) is 29.6 Å². The molecule has 0 aliphatic heterocycles. The molecule has 2 N–H and O–H groups in total. The number of aliphatic hydroxyl groups is 1. The van der Waals surface area contributed by atoms with Crippen molar-refractivity contribution in [1.29, 1.82) is 0 Å².